The fourth-order valence-corrected chi connectivity index (χ4v) is 1.39. The number of ether oxygens (including phenoxy) is 2. The van der Waals surface area contributed by atoms with Gasteiger partial charge in [0.1, 0.15) is 5.75 Å². The molecule has 0 amide bonds. The van der Waals surface area contributed by atoms with Gasteiger partial charge in [-0.3, -0.25) is 0 Å². The average molecular weight is 238 g/mol. The molecule has 0 aliphatic rings. The molecule has 0 heterocycles. The van der Waals surface area contributed by atoms with Crippen molar-refractivity contribution in [1.82, 2.24) is 0 Å². The van der Waals surface area contributed by atoms with Crippen molar-refractivity contribution >= 4 is 5.69 Å². The highest BCUT2D eigenvalue weighted by atomic mass is 16.5. The fourth-order valence-electron chi connectivity index (χ4n) is 1.39. The zero-order valence-electron chi connectivity index (χ0n) is 10.7. The molecule has 1 aromatic rings. The van der Waals surface area contributed by atoms with Crippen LogP contribution in [0.5, 0.6) is 5.75 Å². The predicted molar refractivity (Wildman–Crippen MR) is 70.8 cm³/mol. The van der Waals surface area contributed by atoms with Crippen LogP contribution in [0.2, 0.25) is 0 Å². The lowest BCUT2D eigenvalue weighted by atomic mass is 10.3. The molecule has 0 radical (unpaired) electrons. The van der Waals surface area contributed by atoms with E-state index in [9.17, 15) is 0 Å². The van der Waals surface area contributed by atoms with Gasteiger partial charge in [0.05, 0.1) is 13.2 Å². The van der Waals surface area contributed by atoms with Gasteiger partial charge in [0.15, 0.2) is 0 Å². The third kappa shape index (κ3) is 5.56. The highest BCUT2D eigenvalue weighted by molar-refractivity contribution is 5.49. The highest BCUT2D eigenvalue weighted by Crippen LogP contribution is 2.19. The summed E-state index contributed by atoms with van der Waals surface area (Å²) in [6.07, 6.45) is 0.881. The monoisotopic (exact) mass is 238 g/mol. The number of nitrogens with zero attached hydrogens (tertiary/aromatic N) is 1. The van der Waals surface area contributed by atoms with Crippen molar-refractivity contribution in [1.29, 1.82) is 0 Å². The van der Waals surface area contributed by atoms with E-state index in [1.807, 2.05) is 32.3 Å². The zero-order valence-corrected chi connectivity index (χ0v) is 10.7. The molecule has 1 aromatic carbocycles. The quantitative estimate of drug-likeness (QED) is 0.697. The van der Waals surface area contributed by atoms with Crippen molar-refractivity contribution in [2.45, 2.75) is 6.42 Å². The zero-order chi connectivity index (χ0) is 12.5. The van der Waals surface area contributed by atoms with Crippen LogP contribution >= 0.6 is 0 Å². The molecule has 0 aromatic heterocycles. The van der Waals surface area contributed by atoms with E-state index in [-0.39, 0.29) is 0 Å². The molecule has 0 fully saturated rings. The van der Waals surface area contributed by atoms with Gasteiger partial charge in [0.25, 0.3) is 0 Å². The van der Waals surface area contributed by atoms with Crippen molar-refractivity contribution in [3.05, 3.63) is 24.3 Å². The Hall–Kier alpha value is -1.26. The van der Waals surface area contributed by atoms with Gasteiger partial charge in [0, 0.05) is 45.4 Å². The van der Waals surface area contributed by atoms with Crippen molar-refractivity contribution < 1.29 is 9.47 Å². The smallest absolute Gasteiger partial charge is 0.121 e. The van der Waals surface area contributed by atoms with E-state index in [2.05, 4.69) is 11.0 Å². The summed E-state index contributed by atoms with van der Waals surface area (Å²) in [5.74, 6) is 0.898. The van der Waals surface area contributed by atoms with Gasteiger partial charge in [-0.05, 0) is 12.1 Å². The van der Waals surface area contributed by atoms with E-state index in [1.165, 1.54) is 0 Å². The molecule has 0 aliphatic carbocycles. The molecule has 17 heavy (non-hydrogen) atoms. The lowest BCUT2D eigenvalue weighted by Gasteiger charge is -2.14. The summed E-state index contributed by atoms with van der Waals surface area (Å²) in [4.78, 5) is 2.05. The van der Waals surface area contributed by atoms with Crippen LogP contribution in [0.4, 0.5) is 5.69 Å². The van der Waals surface area contributed by atoms with Crippen LogP contribution in [0, 0.1) is 0 Å². The maximum absolute atomic E-state index is 5.64. The molecular formula is C13H22N2O2. The number of hydrogen-bond donors (Lipinski definition) is 1. The van der Waals surface area contributed by atoms with E-state index < -0.39 is 0 Å². The first-order valence-corrected chi connectivity index (χ1v) is 5.92. The Morgan fingerprint density at radius 2 is 2.00 bits per heavy atom. The molecular weight excluding hydrogens is 216 g/mol. The Morgan fingerprint density at radius 1 is 1.18 bits per heavy atom. The van der Waals surface area contributed by atoms with Crippen LogP contribution in [-0.4, -0.2) is 40.5 Å². The summed E-state index contributed by atoms with van der Waals surface area (Å²) >= 11 is 0. The topological polar surface area (TPSA) is 47.7 Å². The number of nitrogens with two attached hydrogens (primary N) is 1. The molecule has 0 unspecified atom stereocenters. The molecule has 0 spiro atoms. The van der Waals surface area contributed by atoms with Crippen molar-refractivity contribution in [2.24, 2.45) is 5.73 Å². The molecule has 0 bridgehead atoms. The predicted octanol–water partition coefficient (Wildman–Crippen LogP) is 1.50. The molecule has 0 atom stereocenters. The minimum absolute atomic E-state index is 0.575. The third-order valence-corrected chi connectivity index (χ3v) is 2.30. The second kappa shape index (κ2) is 7.92. The van der Waals surface area contributed by atoms with E-state index >= 15 is 0 Å². The normalized spacial score (nSPS) is 10.3. The van der Waals surface area contributed by atoms with Crippen LogP contribution < -0.4 is 15.4 Å². The largest absolute Gasteiger partial charge is 0.493 e. The summed E-state index contributed by atoms with van der Waals surface area (Å²) < 4.78 is 10.9. The lowest BCUT2D eigenvalue weighted by molar-refractivity contribution is 0.126. The van der Waals surface area contributed by atoms with E-state index in [0.29, 0.717) is 26.4 Å². The minimum atomic E-state index is 0.575. The van der Waals surface area contributed by atoms with Crippen LogP contribution in [0.3, 0.4) is 0 Å². The van der Waals surface area contributed by atoms with Gasteiger partial charge in [-0.25, -0.2) is 0 Å². The first kappa shape index (κ1) is 13.8. The summed E-state index contributed by atoms with van der Waals surface area (Å²) in [6.45, 7) is 2.56. The van der Waals surface area contributed by atoms with E-state index in [1.54, 1.807) is 0 Å². The van der Waals surface area contributed by atoms with Gasteiger partial charge in [-0.2, -0.15) is 0 Å². The molecule has 4 nitrogen and oxygen atoms in total. The third-order valence-electron chi connectivity index (χ3n) is 2.30. The molecule has 1 rings (SSSR count). The summed E-state index contributed by atoms with van der Waals surface area (Å²) in [5, 5.41) is 0. The Morgan fingerprint density at radius 3 is 2.71 bits per heavy atom. The lowest BCUT2D eigenvalue weighted by Crippen LogP contribution is -2.11. The fraction of sp³-hybridized carbons (Fsp3) is 0.538. The Kier molecular flexibility index (Phi) is 6.43. The number of hydrogen-bond acceptors (Lipinski definition) is 4. The average Bonchev–Trinajstić information content (AvgIpc) is 2.34. The van der Waals surface area contributed by atoms with Crippen molar-refractivity contribution in [3.8, 4) is 5.75 Å². The molecule has 96 valence electrons. The molecule has 0 saturated carbocycles. The van der Waals surface area contributed by atoms with Gasteiger partial charge >= 0.3 is 0 Å². The molecule has 0 aliphatic heterocycles. The van der Waals surface area contributed by atoms with Crippen LogP contribution in [0.25, 0.3) is 0 Å². The van der Waals surface area contributed by atoms with Crippen molar-refractivity contribution in [3.63, 3.8) is 0 Å². The van der Waals surface area contributed by atoms with Crippen LogP contribution in [-0.2, 0) is 4.74 Å². The Balaban J connectivity index is 2.24. The summed E-state index contributed by atoms with van der Waals surface area (Å²) in [6, 6.07) is 8.04. The van der Waals surface area contributed by atoms with Gasteiger partial charge < -0.3 is 20.1 Å². The molecule has 2 N–H and O–H groups in total. The first-order chi connectivity index (χ1) is 8.24. The van der Waals surface area contributed by atoms with Crippen molar-refractivity contribution in [2.75, 3.05) is 45.4 Å². The Labute approximate surface area is 103 Å². The summed E-state index contributed by atoms with van der Waals surface area (Å²) in [7, 11) is 4.03. The molecule has 4 heteroatoms. The maximum atomic E-state index is 5.64. The van der Waals surface area contributed by atoms with Gasteiger partial charge in [-0.1, -0.05) is 6.07 Å². The van der Waals surface area contributed by atoms with Crippen LogP contribution in [0.1, 0.15) is 6.42 Å². The highest BCUT2D eigenvalue weighted by Gasteiger charge is 1.98. The standard InChI is InChI=1S/C13H22N2O2/c1-15(2)12-5-3-6-13(11-12)17-9-4-8-16-10-7-14/h3,5-6,11H,4,7-10,14H2,1-2H3. The maximum Gasteiger partial charge on any atom is 0.121 e. The minimum Gasteiger partial charge on any atom is -0.493 e. The van der Waals surface area contributed by atoms with Gasteiger partial charge in [-0.15, -0.1) is 0 Å². The number of benzene rings is 1. The van der Waals surface area contributed by atoms with E-state index in [0.717, 1.165) is 17.9 Å². The Bertz CT molecular complexity index is 316. The summed E-state index contributed by atoms with van der Waals surface area (Å²) in [5.41, 5.74) is 6.46. The van der Waals surface area contributed by atoms with Gasteiger partial charge in [0.2, 0.25) is 0 Å². The van der Waals surface area contributed by atoms with Crippen LogP contribution in [0.15, 0.2) is 24.3 Å². The number of anilines is 1. The first-order valence-electron chi connectivity index (χ1n) is 5.92. The second-order valence-electron chi connectivity index (χ2n) is 3.99. The van der Waals surface area contributed by atoms with E-state index in [4.69, 9.17) is 15.2 Å². The SMILES string of the molecule is CN(C)c1cccc(OCCCOCCN)c1. The molecule has 0 saturated heterocycles. The number of rotatable bonds is 8. The second-order valence-corrected chi connectivity index (χ2v) is 3.99.